The lowest BCUT2D eigenvalue weighted by atomic mass is 9.98. The number of carbonyl (C=O) groups excluding carboxylic acids is 2. The quantitative estimate of drug-likeness (QED) is 0.495. The molecule has 0 N–H and O–H groups in total. The predicted octanol–water partition coefficient (Wildman–Crippen LogP) is 4.62. The lowest BCUT2D eigenvalue weighted by Gasteiger charge is -2.31. The number of piperidine rings is 1. The molecule has 7 nitrogen and oxygen atoms in total. The Bertz CT molecular complexity index is 1160. The highest BCUT2D eigenvalue weighted by Crippen LogP contribution is 2.28. The van der Waals surface area contributed by atoms with Gasteiger partial charge in [0.1, 0.15) is 11.4 Å². The van der Waals surface area contributed by atoms with Gasteiger partial charge in [-0.3, -0.25) is 9.59 Å². The molecule has 1 aliphatic heterocycles. The Morgan fingerprint density at radius 2 is 1.97 bits per heavy atom. The number of amides is 1. The SMILES string of the molecule is CCOC(=O)C1CCCN(C(=O)c2cc(-c3cccc(OC)c3)nn2-c2cccc(Cl)c2)C1. The van der Waals surface area contributed by atoms with E-state index in [9.17, 15) is 9.59 Å². The zero-order valence-electron chi connectivity index (χ0n) is 18.7. The van der Waals surface area contributed by atoms with E-state index in [1.807, 2.05) is 36.4 Å². The van der Waals surface area contributed by atoms with Crippen LogP contribution in [-0.4, -0.2) is 53.4 Å². The van der Waals surface area contributed by atoms with Gasteiger partial charge < -0.3 is 14.4 Å². The summed E-state index contributed by atoms with van der Waals surface area (Å²) < 4.78 is 12.1. The van der Waals surface area contributed by atoms with Gasteiger partial charge in [-0.25, -0.2) is 4.68 Å². The average Bonchev–Trinajstić information content (AvgIpc) is 3.29. The highest BCUT2D eigenvalue weighted by atomic mass is 35.5. The number of likely N-dealkylation sites (tertiary alicyclic amines) is 1. The molecule has 1 aliphatic rings. The molecule has 2 aromatic carbocycles. The van der Waals surface area contributed by atoms with Gasteiger partial charge in [0.15, 0.2) is 0 Å². The zero-order valence-corrected chi connectivity index (χ0v) is 19.4. The second-order valence-electron chi connectivity index (χ2n) is 7.88. The average molecular weight is 468 g/mol. The number of hydrogen-bond donors (Lipinski definition) is 0. The van der Waals surface area contributed by atoms with Crippen molar-refractivity contribution in [2.75, 3.05) is 26.8 Å². The van der Waals surface area contributed by atoms with Crippen molar-refractivity contribution in [1.82, 2.24) is 14.7 Å². The molecular weight excluding hydrogens is 442 g/mol. The summed E-state index contributed by atoms with van der Waals surface area (Å²) in [5, 5.41) is 5.28. The lowest BCUT2D eigenvalue weighted by Crippen LogP contribution is -2.43. The number of ether oxygens (including phenoxy) is 2. The second kappa shape index (κ2) is 10.1. The van der Waals surface area contributed by atoms with Crippen molar-refractivity contribution in [3.05, 3.63) is 65.3 Å². The van der Waals surface area contributed by atoms with Crippen molar-refractivity contribution in [3.63, 3.8) is 0 Å². The molecule has 0 radical (unpaired) electrons. The van der Waals surface area contributed by atoms with Crippen molar-refractivity contribution in [2.45, 2.75) is 19.8 Å². The maximum absolute atomic E-state index is 13.6. The van der Waals surface area contributed by atoms with Crippen LogP contribution < -0.4 is 4.74 Å². The van der Waals surface area contributed by atoms with Gasteiger partial charge in [0.25, 0.3) is 5.91 Å². The normalized spacial score (nSPS) is 15.8. The molecule has 1 amide bonds. The molecule has 0 bridgehead atoms. The molecule has 0 spiro atoms. The molecule has 1 saturated heterocycles. The van der Waals surface area contributed by atoms with Crippen molar-refractivity contribution in [3.8, 4) is 22.7 Å². The van der Waals surface area contributed by atoms with Crippen LogP contribution in [0.1, 0.15) is 30.3 Å². The summed E-state index contributed by atoms with van der Waals surface area (Å²) in [6, 6.07) is 16.5. The first-order valence-corrected chi connectivity index (χ1v) is 11.3. The molecule has 4 rings (SSSR count). The number of halogens is 1. The van der Waals surface area contributed by atoms with Crippen LogP contribution in [0.5, 0.6) is 5.75 Å². The van der Waals surface area contributed by atoms with Crippen molar-refractivity contribution in [2.24, 2.45) is 5.92 Å². The van der Waals surface area contributed by atoms with Crippen LogP contribution in [0.15, 0.2) is 54.6 Å². The number of methoxy groups -OCH3 is 1. The second-order valence-corrected chi connectivity index (χ2v) is 8.32. The number of aromatic nitrogens is 2. The Hall–Kier alpha value is -3.32. The maximum atomic E-state index is 13.6. The Morgan fingerprint density at radius 3 is 2.73 bits per heavy atom. The van der Waals surface area contributed by atoms with E-state index in [1.54, 1.807) is 41.8 Å². The number of esters is 1. The van der Waals surface area contributed by atoms with Gasteiger partial charge in [-0.15, -0.1) is 0 Å². The third kappa shape index (κ3) is 5.03. The van der Waals surface area contributed by atoms with Gasteiger partial charge in [-0.1, -0.05) is 29.8 Å². The number of benzene rings is 2. The van der Waals surface area contributed by atoms with Gasteiger partial charge in [0.2, 0.25) is 0 Å². The van der Waals surface area contributed by atoms with E-state index in [0.29, 0.717) is 54.0 Å². The summed E-state index contributed by atoms with van der Waals surface area (Å²) in [6.07, 6.45) is 1.45. The minimum atomic E-state index is -0.317. The van der Waals surface area contributed by atoms with Crippen molar-refractivity contribution in [1.29, 1.82) is 0 Å². The minimum absolute atomic E-state index is 0.189. The lowest BCUT2D eigenvalue weighted by molar-refractivity contribution is -0.149. The molecular formula is C25H26ClN3O4. The number of hydrogen-bond acceptors (Lipinski definition) is 5. The van der Waals surface area contributed by atoms with E-state index in [4.69, 9.17) is 26.2 Å². The number of rotatable bonds is 6. The summed E-state index contributed by atoms with van der Waals surface area (Å²) in [5.74, 6) is -0.0601. The molecule has 172 valence electrons. The van der Waals surface area contributed by atoms with E-state index in [-0.39, 0.29) is 17.8 Å². The Labute approximate surface area is 197 Å². The third-order valence-corrected chi connectivity index (χ3v) is 5.91. The Kier molecular flexibility index (Phi) is 6.99. The summed E-state index contributed by atoms with van der Waals surface area (Å²) in [7, 11) is 1.61. The molecule has 2 heterocycles. The Morgan fingerprint density at radius 1 is 1.15 bits per heavy atom. The van der Waals surface area contributed by atoms with Crippen LogP contribution in [0.25, 0.3) is 16.9 Å². The van der Waals surface area contributed by atoms with Crippen LogP contribution in [-0.2, 0) is 9.53 Å². The fourth-order valence-electron chi connectivity index (χ4n) is 4.04. The molecule has 8 heteroatoms. The molecule has 1 aromatic heterocycles. The topological polar surface area (TPSA) is 73.7 Å². The van der Waals surface area contributed by atoms with Gasteiger partial charge in [0, 0.05) is 23.7 Å². The van der Waals surface area contributed by atoms with Crippen LogP contribution >= 0.6 is 11.6 Å². The Balaban J connectivity index is 1.72. The van der Waals surface area contributed by atoms with E-state index in [0.717, 1.165) is 12.0 Å². The van der Waals surface area contributed by atoms with Gasteiger partial charge >= 0.3 is 5.97 Å². The molecule has 1 unspecified atom stereocenters. The van der Waals surface area contributed by atoms with E-state index < -0.39 is 0 Å². The molecule has 0 saturated carbocycles. The molecule has 33 heavy (non-hydrogen) atoms. The first kappa shape index (κ1) is 22.9. The molecule has 1 atom stereocenters. The van der Waals surface area contributed by atoms with Gasteiger partial charge in [0.05, 0.1) is 31.0 Å². The largest absolute Gasteiger partial charge is 0.497 e. The zero-order chi connectivity index (χ0) is 23.4. The highest BCUT2D eigenvalue weighted by molar-refractivity contribution is 6.30. The van der Waals surface area contributed by atoms with E-state index >= 15 is 0 Å². The minimum Gasteiger partial charge on any atom is -0.497 e. The van der Waals surface area contributed by atoms with Crippen LogP contribution in [0.3, 0.4) is 0 Å². The number of carbonyl (C=O) groups is 2. The fraction of sp³-hybridized carbons (Fsp3) is 0.320. The third-order valence-electron chi connectivity index (χ3n) is 5.68. The molecule has 0 aliphatic carbocycles. The predicted molar refractivity (Wildman–Crippen MR) is 126 cm³/mol. The maximum Gasteiger partial charge on any atom is 0.310 e. The fourth-order valence-corrected chi connectivity index (χ4v) is 4.22. The van der Waals surface area contributed by atoms with Crippen LogP contribution in [0.2, 0.25) is 5.02 Å². The highest BCUT2D eigenvalue weighted by Gasteiger charge is 2.31. The van der Waals surface area contributed by atoms with Gasteiger partial charge in [-0.2, -0.15) is 5.10 Å². The summed E-state index contributed by atoms with van der Waals surface area (Å²) >= 11 is 6.22. The molecule has 1 fully saturated rings. The van der Waals surface area contributed by atoms with Crippen LogP contribution in [0.4, 0.5) is 0 Å². The number of nitrogens with zero attached hydrogens (tertiary/aromatic N) is 3. The summed E-state index contributed by atoms with van der Waals surface area (Å²) in [4.78, 5) is 27.6. The summed E-state index contributed by atoms with van der Waals surface area (Å²) in [6.45, 7) is 3.01. The van der Waals surface area contributed by atoms with Crippen LogP contribution in [0, 0.1) is 5.92 Å². The summed E-state index contributed by atoms with van der Waals surface area (Å²) in [5.41, 5.74) is 2.54. The smallest absolute Gasteiger partial charge is 0.310 e. The van der Waals surface area contributed by atoms with Crippen molar-refractivity contribution >= 4 is 23.5 Å². The van der Waals surface area contributed by atoms with E-state index in [1.165, 1.54) is 0 Å². The van der Waals surface area contributed by atoms with Crippen molar-refractivity contribution < 1.29 is 19.1 Å². The standard InChI is InChI=1S/C25H26ClN3O4/c1-3-33-25(31)18-8-6-12-28(16-18)24(30)23-15-22(17-7-4-11-21(13-17)32-2)27-29(23)20-10-5-9-19(26)14-20/h4-5,7,9-11,13-15,18H,3,6,8,12,16H2,1-2H3. The van der Waals surface area contributed by atoms with E-state index in [2.05, 4.69) is 0 Å². The monoisotopic (exact) mass is 467 g/mol. The molecule has 3 aromatic rings. The first-order valence-electron chi connectivity index (χ1n) is 11.0. The first-order chi connectivity index (χ1) is 16.0. The van der Waals surface area contributed by atoms with Gasteiger partial charge in [-0.05, 0) is 56.2 Å².